The summed E-state index contributed by atoms with van der Waals surface area (Å²) in [4.78, 5) is 24.9. The number of benzene rings is 1. The number of carbonyl (C=O) groups is 2. The summed E-state index contributed by atoms with van der Waals surface area (Å²) in [6, 6.07) is 7.82. The Morgan fingerprint density at radius 2 is 2.06 bits per heavy atom. The van der Waals surface area contributed by atoms with Gasteiger partial charge in [-0.25, -0.2) is 0 Å². The summed E-state index contributed by atoms with van der Waals surface area (Å²) in [7, 11) is 0. The van der Waals surface area contributed by atoms with Crippen LogP contribution in [-0.4, -0.2) is 18.4 Å². The summed E-state index contributed by atoms with van der Waals surface area (Å²) in [5, 5.41) is 0. The van der Waals surface area contributed by atoms with E-state index in [-0.39, 0.29) is 18.2 Å². The van der Waals surface area contributed by atoms with Crippen molar-refractivity contribution in [3.05, 3.63) is 29.8 Å². The molecule has 1 aromatic rings. The number of para-hydroxylation sites is 1. The zero-order valence-corrected chi connectivity index (χ0v) is 10.7. The largest absolute Gasteiger partial charge is 0.369 e. The fraction of sp³-hybridized carbons (Fsp3) is 0.429. The van der Waals surface area contributed by atoms with Crippen molar-refractivity contribution >= 4 is 17.5 Å². The molecule has 2 N–H and O–H groups in total. The van der Waals surface area contributed by atoms with Gasteiger partial charge in [0.05, 0.1) is 5.92 Å². The molecule has 1 heterocycles. The zero-order valence-electron chi connectivity index (χ0n) is 10.7. The van der Waals surface area contributed by atoms with Crippen molar-refractivity contribution in [3.63, 3.8) is 0 Å². The summed E-state index contributed by atoms with van der Waals surface area (Å²) < 4.78 is 0. The quantitative estimate of drug-likeness (QED) is 0.881. The van der Waals surface area contributed by atoms with Crippen molar-refractivity contribution in [1.29, 1.82) is 0 Å². The van der Waals surface area contributed by atoms with Gasteiger partial charge >= 0.3 is 0 Å². The number of rotatable bonds is 3. The number of carbonyl (C=O) groups excluding carboxylic acids is 2. The van der Waals surface area contributed by atoms with E-state index in [4.69, 9.17) is 5.73 Å². The Bertz CT molecular complexity index is 482. The molecule has 4 nitrogen and oxygen atoms in total. The Hall–Kier alpha value is -1.84. The molecule has 2 rings (SSSR count). The van der Waals surface area contributed by atoms with Crippen LogP contribution in [0.1, 0.15) is 31.7 Å². The molecule has 1 unspecified atom stereocenters. The van der Waals surface area contributed by atoms with Crippen LogP contribution in [0.25, 0.3) is 0 Å². The van der Waals surface area contributed by atoms with Gasteiger partial charge in [0.1, 0.15) is 0 Å². The van der Waals surface area contributed by atoms with Gasteiger partial charge in [0, 0.05) is 18.7 Å². The Morgan fingerprint density at radius 1 is 1.39 bits per heavy atom. The second kappa shape index (κ2) is 4.80. The van der Waals surface area contributed by atoms with Crippen molar-refractivity contribution < 1.29 is 9.59 Å². The maximum Gasteiger partial charge on any atom is 0.227 e. The summed E-state index contributed by atoms with van der Waals surface area (Å²) in [5.74, 6) is -0.445. The molecule has 0 spiro atoms. The summed E-state index contributed by atoms with van der Waals surface area (Å²) in [6.45, 7) is 4.58. The second-order valence-electron chi connectivity index (χ2n) is 5.02. The summed E-state index contributed by atoms with van der Waals surface area (Å²) in [5.41, 5.74) is 7.31. The van der Waals surface area contributed by atoms with Crippen LogP contribution in [0.5, 0.6) is 0 Å². The molecule has 4 heteroatoms. The molecule has 18 heavy (non-hydrogen) atoms. The molecule has 1 aliphatic rings. The Morgan fingerprint density at radius 3 is 2.61 bits per heavy atom. The third-order valence-corrected chi connectivity index (χ3v) is 3.38. The van der Waals surface area contributed by atoms with Crippen molar-refractivity contribution in [2.24, 2.45) is 11.7 Å². The van der Waals surface area contributed by atoms with E-state index in [1.807, 2.05) is 24.3 Å². The van der Waals surface area contributed by atoms with Crippen LogP contribution in [0.4, 0.5) is 5.69 Å². The average molecular weight is 246 g/mol. The van der Waals surface area contributed by atoms with E-state index in [0.717, 1.165) is 11.3 Å². The standard InChI is InChI=1S/C14H18N2O2/c1-9(2)11-5-3-4-6-12(11)16-8-10(14(15)18)7-13(16)17/h3-6,9-10H,7-8H2,1-2H3,(H2,15,18). The Balaban J connectivity index is 2.33. The van der Waals surface area contributed by atoms with Gasteiger partial charge in [-0.1, -0.05) is 32.0 Å². The molecule has 1 fully saturated rings. The van der Waals surface area contributed by atoms with E-state index in [1.165, 1.54) is 0 Å². The van der Waals surface area contributed by atoms with Crippen LogP contribution < -0.4 is 10.6 Å². The summed E-state index contributed by atoms with van der Waals surface area (Å²) in [6.07, 6.45) is 0.224. The summed E-state index contributed by atoms with van der Waals surface area (Å²) >= 11 is 0. The molecule has 1 aromatic carbocycles. The van der Waals surface area contributed by atoms with Crippen LogP contribution >= 0.6 is 0 Å². The highest BCUT2D eigenvalue weighted by Crippen LogP contribution is 2.31. The van der Waals surface area contributed by atoms with Gasteiger partial charge in [0.2, 0.25) is 11.8 Å². The molecule has 2 amide bonds. The number of nitrogens with zero attached hydrogens (tertiary/aromatic N) is 1. The van der Waals surface area contributed by atoms with Crippen LogP contribution in [-0.2, 0) is 9.59 Å². The predicted molar refractivity (Wildman–Crippen MR) is 70.2 cm³/mol. The highest BCUT2D eigenvalue weighted by Gasteiger charge is 2.34. The number of primary amides is 1. The highest BCUT2D eigenvalue weighted by atomic mass is 16.2. The van der Waals surface area contributed by atoms with Gasteiger partial charge in [0.15, 0.2) is 0 Å². The maximum atomic E-state index is 12.0. The monoisotopic (exact) mass is 246 g/mol. The van der Waals surface area contributed by atoms with Crippen molar-refractivity contribution in [1.82, 2.24) is 0 Å². The van der Waals surface area contributed by atoms with Gasteiger partial charge in [0.25, 0.3) is 0 Å². The SMILES string of the molecule is CC(C)c1ccccc1N1CC(C(N)=O)CC1=O. The lowest BCUT2D eigenvalue weighted by molar-refractivity contribution is -0.123. The van der Waals surface area contributed by atoms with Gasteiger partial charge < -0.3 is 10.6 Å². The highest BCUT2D eigenvalue weighted by molar-refractivity contribution is 6.00. The van der Waals surface area contributed by atoms with E-state index in [1.54, 1.807) is 4.90 Å². The van der Waals surface area contributed by atoms with Gasteiger partial charge in [-0.2, -0.15) is 0 Å². The lowest BCUT2D eigenvalue weighted by Crippen LogP contribution is -2.29. The van der Waals surface area contributed by atoms with Gasteiger partial charge in [-0.3, -0.25) is 9.59 Å². The minimum Gasteiger partial charge on any atom is -0.369 e. The first kappa shape index (κ1) is 12.6. The lowest BCUT2D eigenvalue weighted by Gasteiger charge is -2.21. The van der Waals surface area contributed by atoms with Crippen molar-refractivity contribution in [2.75, 3.05) is 11.4 Å². The number of hydrogen-bond acceptors (Lipinski definition) is 2. The average Bonchev–Trinajstić information content (AvgIpc) is 2.71. The van der Waals surface area contributed by atoms with Gasteiger partial charge in [-0.15, -0.1) is 0 Å². The van der Waals surface area contributed by atoms with Crippen molar-refractivity contribution in [3.8, 4) is 0 Å². The molecule has 1 saturated heterocycles. The molecule has 1 aliphatic heterocycles. The molecule has 1 atom stereocenters. The molecular weight excluding hydrogens is 228 g/mol. The molecule has 0 radical (unpaired) electrons. The second-order valence-corrected chi connectivity index (χ2v) is 5.02. The Kier molecular flexibility index (Phi) is 3.36. The minimum absolute atomic E-state index is 0.0214. The zero-order chi connectivity index (χ0) is 13.3. The minimum atomic E-state index is -0.395. The molecular formula is C14H18N2O2. The van der Waals surface area contributed by atoms with Crippen LogP contribution in [0, 0.1) is 5.92 Å². The Labute approximate surface area is 107 Å². The fourth-order valence-corrected chi connectivity index (χ4v) is 2.35. The molecule has 96 valence electrons. The van der Waals surface area contributed by atoms with E-state index in [0.29, 0.717) is 12.5 Å². The van der Waals surface area contributed by atoms with Crippen molar-refractivity contribution in [2.45, 2.75) is 26.2 Å². The first-order chi connectivity index (χ1) is 8.50. The third kappa shape index (κ3) is 2.23. The molecule has 0 bridgehead atoms. The fourth-order valence-electron chi connectivity index (χ4n) is 2.35. The first-order valence-corrected chi connectivity index (χ1v) is 6.19. The van der Waals surface area contributed by atoms with E-state index in [9.17, 15) is 9.59 Å². The topological polar surface area (TPSA) is 63.4 Å². The predicted octanol–water partition coefficient (Wildman–Crippen LogP) is 1.65. The number of anilines is 1. The lowest BCUT2D eigenvalue weighted by atomic mass is 10.0. The van der Waals surface area contributed by atoms with E-state index >= 15 is 0 Å². The molecule has 0 aromatic heterocycles. The molecule has 0 saturated carbocycles. The number of nitrogens with two attached hydrogens (primary N) is 1. The van der Waals surface area contributed by atoms with Gasteiger partial charge in [-0.05, 0) is 17.5 Å². The van der Waals surface area contributed by atoms with E-state index < -0.39 is 5.91 Å². The van der Waals surface area contributed by atoms with Crippen LogP contribution in [0.3, 0.4) is 0 Å². The number of amides is 2. The molecule has 0 aliphatic carbocycles. The first-order valence-electron chi connectivity index (χ1n) is 6.19. The van der Waals surface area contributed by atoms with Crippen LogP contribution in [0.15, 0.2) is 24.3 Å². The van der Waals surface area contributed by atoms with E-state index in [2.05, 4.69) is 13.8 Å². The maximum absolute atomic E-state index is 12.0. The third-order valence-electron chi connectivity index (χ3n) is 3.38. The smallest absolute Gasteiger partial charge is 0.227 e. The normalized spacial score (nSPS) is 19.6. The number of hydrogen-bond donors (Lipinski definition) is 1. The van der Waals surface area contributed by atoms with Crippen LogP contribution in [0.2, 0.25) is 0 Å².